The van der Waals surface area contributed by atoms with E-state index in [9.17, 15) is 4.79 Å². The predicted octanol–water partition coefficient (Wildman–Crippen LogP) is 3.01. The molecule has 5 unspecified atom stereocenters. The average molecular weight is 324 g/mol. The highest BCUT2D eigenvalue weighted by Gasteiger charge is 2.54. The Morgan fingerprint density at radius 3 is 3.00 bits per heavy atom. The molecule has 1 aromatic heterocycles. The van der Waals surface area contributed by atoms with Crippen molar-refractivity contribution < 1.29 is 4.79 Å². The number of carbonyl (C=O) groups is 1. The highest BCUT2D eigenvalue weighted by molar-refractivity contribution is 5.97. The van der Waals surface area contributed by atoms with Crippen LogP contribution < -0.4 is 5.32 Å². The Balaban J connectivity index is 1.34. The number of benzene rings is 1. The summed E-state index contributed by atoms with van der Waals surface area (Å²) < 4.78 is 1.85. The zero-order valence-electron chi connectivity index (χ0n) is 14.1. The van der Waals surface area contributed by atoms with Gasteiger partial charge in [0.2, 0.25) is 0 Å². The molecule has 3 aliphatic rings. The Bertz CT molecular complexity index is 798. The Labute approximate surface area is 141 Å². The molecule has 3 fully saturated rings. The van der Waals surface area contributed by atoms with Crippen molar-refractivity contribution >= 4 is 16.9 Å². The van der Waals surface area contributed by atoms with Crippen molar-refractivity contribution in [2.75, 3.05) is 0 Å². The van der Waals surface area contributed by atoms with Gasteiger partial charge in [-0.2, -0.15) is 0 Å². The van der Waals surface area contributed by atoms with Crippen molar-refractivity contribution in [1.82, 2.24) is 20.3 Å². The summed E-state index contributed by atoms with van der Waals surface area (Å²) >= 11 is 0. The van der Waals surface area contributed by atoms with Crippen molar-refractivity contribution in [2.45, 2.75) is 51.6 Å². The molecule has 2 bridgehead atoms. The molecule has 1 N–H and O–H groups in total. The van der Waals surface area contributed by atoms with Gasteiger partial charge in [-0.15, -0.1) is 5.10 Å². The van der Waals surface area contributed by atoms with E-state index < -0.39 is 0 Å². The minimum Gasteiger partial charge on any atom is -0.349 e. The number of aromatic nitrogens is 3. The van der Waals surface area contributed by atoms with E-state index in [4.69, 9.17) is 0 Å². The van der Waals surface area contributed by atoms with Gasteiger partial charge in [0.1, 0.15) is 5.52 Å². The van der Waals surface area contributed by atoms with Crippen molar-refractivity contribution in [3.05, 3.63) is 23.8 Å². The third-order valence-corrected chi connectivity index (χ3v) is 6.82. The second kappa shape index (κ2) is 5.30. The first-order chi connectivity index (χ1) is 11.7. The van der Waals surface area contributed by atoms with Crippen LogP contribution in [0.1, 0.15) is 49.4 Å². The topological polar surface area (TPSA) is 59.8 Å². The Morgan fingerprint density at radius 2 is 2.12 bits per heavy atom. The zero-order chi connectivity index (χ0) is 16.3. The van der Waals surface area contributed by atoms with Crippen LogP contribution in [0.2, 0.25) is 0 Å². The Hall–Kier alpha value is -1.91. The molecule has 5 nitrogen and oxygen atoms in total. The molecule has 5 rings (SSSR count). The van der Waals surface area contributed by atoms with E-state index in [1.165, 1.54) is 32.1 Å². The van der Waals surface area contributed by atoms with E-state index in [1.807, 2.05) is 29.8 Å². The molecule has 1 amide bonds. The number of nitrogens with zero attached hydrogens (tertiary/aromatic N) is 3. The van der Waals surface area contributed by atoms with E-state index in [0.717, 1.165) is 41.2 Å². The molecular formula is C19H24N4O. The molecular weight excluding hydrogens is 300 g/mol. The summed E-state index contributed by atoms with van der Waals surface area (Å²) in [6.07, 6.45) is 6.73. The minimum absolute atomic E-state index is 0.0510. The first kappa shape index (κ1) is 14.4. The summed E-state index contributed by atoms with van der Waals surface area (Å²) in [6.45, 7) is 2.83. The number of amides is 1. The fraction of sp³-hybridized carbons (Fsp3) is 0.632. The molecule has 0 spiro atoms. The first-order valence-electron chi connectivity index (χ1n) is 9.38. The van der Waals surface area contributed by atoms with Crippen LogP contribution in [-0.2, 0) is 6.54 Å². The van der Waals surface area contributed by atoms with Crippen molar-refractivity contribution in [2.24, 2.45) is 23.7 Å². The molecule has 2 aromatic rings. The number of carbonyl (C=O) groups excluding carboxylic acids is 1. The summed E-state index contributed by atoms with van der Waals surface area (Å²) in [7, 11) is 0. The molecule has 1 aromatic carbocycles. The first-order valence-corrected chi connectivity index (χ1v) is 9.38. The van der Waals surface area contributed by atoms with Crippen LogP contribution in [-0.4, -0.2) is 26.9 Å². The summed E-state index contributed by atoms with van der Waals surface area (Å²) in [6, 6.07) is 6.11. The maximum absolute atomic E-state index is 12.7. The number of nitrogens with one attached hydrogen (secondary N) is 1. The highest BCUT2D eigenvalue weighted by Crippen LogP contribution is 2.58. The largest absolute Gasteiger partial charge is 0.349 e. The van der Waals surface area contributed by atoms with Gasteiger partial charge in [-0.05, 0) is 74.5 Å². The standard InChI is InChI=1S/C19H24N4O/c1-2-23-18-7-6-11(9-17(18)21-22-23)19(24)20-16-10-12-8-15(16)14-5-3-4-13(12)14/h6-7,9,12-16H,2-5,8,10H2,1H3,(H,20,24). The third-order valence-electron chi connectivity index (χ3n) is 6.82. The second-order valence-corrected chi connectivity index (χ2v) is 7.84. The van der Waals surface area contributed by atoms with E-state index in [-0.39, 0.29) is 5.91 Å². The molecule has 5 heteroatoms. The second-order valence-electron chi connectivity index (χ2n) is 7.84. The van der Waals surface area contributed by atoms with Gasteiger partial charge in [-0.3, -0.25) is 4.79 Å². The molecule has 0 saturated heterocycles. The van der Waals surface area contributed by atoms with Crippen LogP contribution in [0.3, 0.4) is 0 Å². The number of hydrogen-bond acceptors (Lipinski definition) is 3. The summed E-state index contributed by atoms with van der Waals surface area (Å²) in [5.74, 6) is 3.47. The number of rotatable bonds is 3. The summed E-state index contributed by atoms with van der Waals surface area (Å²) in [5.41, 5.74) is 2.49. The quantitative estimate of drug-likeness (QED) is 0.944. The van der Waals surface area contributed by atoms with Gasteiger partial charge in [-0.1, -0.05) is 11.6 Å². The molecule has 5 atom stereocenters. The van der Waals surface area contributed by atoms with Crippen LogP contribution in [0.15, 0.2) is 18.2 Å². The van der Waals surface area contributed by atoms with Gasteiger partial charge in [0, 0.05) is 18.2 Å². The molecule has 0 aliphatic heterocycles. The van der Waals surface area contributed by atoms with Gasteiger partial charge >= 0.3 is 0 Å². The van der Waals surface area contributed by atoms with Gasteiger partial charge in [-0.25, -0.2) is 4.68 Å². The predicted molar refractivity (Wildman–Crippen MR) is 91.5 cm³/mol. The maximum Gasteiger partial charge on any atom is 0.251 e. The van der Waals surface area contributed by atoms with Crippen LogP contribution in [0.25, 0.3) is 11.0 Å². The van der Waals surface area contributed by atoms with Crippen molar-refractivity contribution in [1.29, 1.82) is 0 Å². The van der Waals surface area contributed by atoms with E-state index in [2.05, 4.69) is 15.6 Å². The maximum atomic E-state index is 12.7. The number of hydrogen-bond donors (Lipinski definition) is 1. The lowest BCUT2D eigenvalue weighted by Gasteiger charge is -2.32. The average Bonchev–Trinajstić information content (AvgIpc) is 3.34. The van der Waals surface area contributed by atoms with E-state index in [1.54, 1.807) is 0 Å². The van der Waals surface area contributed by atoms with Crippen LogP contribution in [0, 0.1) is 23.7 Å². The van der Waals surface area contributed by atoms with Gasteiger partial charge in [0.05, 0.1) is 5.52 Å². The minimum atomic E-state index is 0.0510. The number of aryl methyl sites for hydroxylation is 1. The van der Waals surface area contributed by atoms with Crippen LogP contribution in [0.5, 0.6) is 0 Å². The molecule has 126 valence electrons. The lowest BCUT2D eigenvalue weighted by Crippen LogP contribution is -2.42. The molecule has 3 aliphatic carbocycles. The SMILES string of the molecule is CCn1nnc2cc(C(=O)NC3CC4CC3C3CCCC43)ccc21. The molecule has 0 radical (unpaired) electrons. The smallest absolute Gasteiger partial charge is 0.251 e. The molecule has 24 heavy (non-hydrogen) atoms. The molecule has 3 saturated carbocycles. The van der Waals surface area contributed by atoms with Crippen LogP contribution >= 0.6 is 0 Å². The fourth-order valence-corrected chi connectivity index (χ4v) is 5.83. The monoisotopic (exact) mass is 324 g/mol. The van der Waals surface area contributed by atoms with Gasteiger partial charge < -0.3 is 5.32 Å². The normalized spacial score (nSPS) is 34.0. The summed E-state index contributed by atoms with van der Waals surface area (Å²) in [5, 5.41) is 11.6. The third kappa shape index (κ3) is 2.03. The van der Waals surface area contributed by atoms with Crippen molar-refractivity contribution in [3.63, 3.8) is 0 Å². The van der Waals surface area contributed by atoms with Gasteiger partial charge in [0.15, 0.2) is 0 Å². The zero-order valence-corrected chi connectivity index (χ0v) is 14.1. The van der Waals surface area contributed by atoms with Gasteiger partial charge in [0.25, 0.3) is 5.91 Å². The van der Waals surface area contributed by atoms with E-state index in [0.29, 0.717) is 11.6 Å². The highest BCUT2D eigenvalue weighted by atomic mass is 16.1. The summed E-state index contributed by atoms with van der Waals surface area (Å²) in [4.78, 5) is 12.7. The Kier molecular flexibility index (Phi) is 3.19. The molecule has 1 heterocycles. The van der Waals surface area contributed by atoms with E-state index >= 15 is 0 Å². The fourth-order valence-electron chi connectivity index (χ4n) is 5.83. The van der Waals surface area contributed by atoms with Crippen molar-refractivity contribution in [3.8, 4) is 0 Å². The number of fused-ring (bicyclic) bond motifs is 6. The van der Waals surface area contributed by atoms with Crippen LogP contribution in [0.4, 0.5) is 0 Å². The Morgan fingerprint density at radius 1 is 1.25 bits per heavy atom. The lowest BCUT2D eigenvalue weighted by atomic mass is 9.79. The lowest BCUT2D eigenvalue weighted by molar-refractivity contribution is 0.0901.